The molecule has 2 aromatic heterocycles. The Labute approximate surface area is 123 Å². The van der Waals surface area contributed by atoms with E-state index < -0.39 is 0 Å². The Morgan fingerprint density at radius 2 is 2.19 bits per heavy atom. The Bertz CT molecular complexity index is 659. The first-order valence-electron chi connectivity index (χ1n) is 7.31. The first kappa shape index (κ1) is 13.9. The molecule has 3 heterocycles. The Balaban J connectivity index is 1.92. The van der Waals surface area contributed by atoms with Gasteiger partial charge in [0.15, 0.2) is 0 Å². The van der Waals surface area contributed by atoms with E-state index in [0.29, 0.717) is 11.5 Å². The molecule has 0 bridgehead atoms. The summed E-state index contributed by atoms with van der Waals surface area (Å²) in [5.41, 5.74) is 2.63. The zero-order chi connectivity index (χ0) is 15.0. The first-order chi connectivity index (χ1) is 10.1. The molecule has 6 nitrogen and oxygen atoms in total. The Kier molecular flexibility index (Phi) is 3.53. The van der Waals surface area contributed by atoms with Crippen LogP contribution in [0.5, 0.6) is 0 Å². The highest BCUT2D eigenvalue weighted by molar-refractivity contribution is 5.92. The maximum absolute atomic E-state index is 12.6. The van der Waals surface area contributed by atoms with Crippen molar-refractivity contribution in [3.8, 4) is 0 Å². The number of aromatic nitrogens is 2. The van der Waals surface area contributed by atoms with Gasteiger partial charge in [-0.1, -0.05) is 17.2 Å². The van der Waals surface area contributed by atoms with E-state index in [9.17, 15) is 4.79 Å². The Morgan fingerprint density at radius 3 is 2.86 bits per heavy atom. The van der Waals surface area contributed by atoms with Crippen molar-refractivity contribution in [2.24, 2.45) is 0 Å². The van der Waals surface area contributed by atoms with Crippen LogP contribution in [-0.2, 0) is 6.42 Å². The summed E-state index contributed by atoms with van der Waals surface area (Å²) in [4.78, 5) is 14.5. The van der Waals surface area contributed by atoms with Gasteiger partial charge in [0.25, 0.3) is 5.91 Å². The monoisotopic (exact) mass is 289 g/mol. The largest absolute Gasteiger partial charge is 0.361 e. The van der Waals surface area contributed by atoms with Crippen molar-refractivity contribution in [3.05, 3.63) is 34.5 Å². The van der Waals surface area contributed by atoms with E-state index in [0.717, 1.165) is 42.8 Å². The molecule has 0 N–H and O–H groups in total. The third kappa shape index (κ3) is 2.34. The normalized spacial score (nSPS) is 18.4. The third-order valence-electron chi connectivity index (χ3n) is 3.99. The van der Waals surface area contributed by atoms with E-state index in [1.165, 1.54) is 0 Å². The van der Waals surface area contributed by atoms with Gasteiger partial charge in [-0.05, 0) is 26.7 Å². The maximum atomic E-state index is 12.6. The zero-order valence-corrected chi connectivity index (χ0v) is 12.5. The van der Waals surface area contributed by atoms with Crippen LogP contribution in [0.25, 0.3) is 0 Å². The van der Waals surface area contributed by atoms with Crippen molar-refractivity contribution in [2.75, 3.05) is 6.54 Å². The molecule has 1 amide bonds. The Hall–Kier alpha value is -2.11. The van der Waals surface area contributed by atoms with Crippen molar-refractivity contribution in [2.45, 2.75) is 46.1 Å². The number of nitrogens with zero attached hydrogens (tertiary/aromatic N) is 3. The number of likely N-dealkylation sites (tertiary alicyclic amines) is 1. The summed E-state index contributed by atoms with van der Waals surface area (Å²) in [6, 6.07) is 1.70. The van der Waals surface area contributed by atoms with Gasteiger partial charge >= 0.3 is 0 Å². The minimum Gasteiger partial charge on any atom is -0.361 e. The summed E-state index contributed by atoms with van der Waals surface area (Å²) in [5.74, 6) is 1.05. The number of hydrogen-bond donors (Lipinski definition) is 0. The van der Waals surface area contributed by atoms with Crippen molar-refractivity contribution in [1.82, 2.24) is 15.2 Å². The summed E-state index contributed by atoms with van der Waals surface area (Å²) in [6.45, 7) is 6.49. The minimum atomic E-state index is -0.110. The fraction of sp³-hybridized carbons (Fsp3) is 0.533. The summed E-state index contributed by atoms with van der Waals surface area (Å²) < 4.78 is 10.5. The fourth-order valence-corrected chi connectivity index (χ4v) is 3.02. The van der Waals surface area contributed by atoms with Crippen molar-refractivity contribution < 1.29 is 13.8 Å². The molecule has 0 radical (unpaired) electrons. The fourth-order valence-electron chi connectivity index (χ4n) is 3.02. The summed E-state index contributed by atoms with van der Waals surface area (Å²) in [5, 5.41) is 7.85. The van der Waals surface area contributed by atoms with Gasteiger partial charge in [0, 0.05) is 24.6 Å². The average molecular weight is 289 g/mol. The van der Waals surface area contributed by atoms with Crippen LogP contribution in [-0.4, -0.2) is 27.7 Å². The van der Waals surface area contributed by atoms with Crippen LogP contribution in [0.2, 0.25) is 0 Å². The molecular weight excluding hydrogens is 270 g/mol. The average Bonchev–Trinajstić information content (AvgIpc) is 3.17. The number of aryl methyl sites for hydroxylation is 3. The van der Waals surface area contributed by atoms with Gasteiger partial charge in [-0.25, -0.2) is 0 Å². The molecule has 3 rings (SSSR count). The SMILES string of the molecule is CCc1onc(C)c1C1CCCN1C(=O)c1cc(C)no1. The summed E-state index contributed by atoms with van der Waals surface area (Å²) >= 11 is 0. The highest BCUT2D eigenvalue weighted by atomic mass is 16.5. The molecule has 0 aliphatic carbocycles. The molecule has 6 heteroatoms. The van der Waals surface area contributed by atoms with Crippen molar-refractivity contribution in [1.29, 1.82) is 0 Å². The predicted molar refractivity (Wildman–Crippen MR) is 74.9 cm³/mol. The second kappa shape index (κ2) is 5.35. The van der Waals surface area contributed by atoms with Crippen LogP contribution in [0.15, 0.2) is 15.1 Å². The van der Waals surface area contributed by atoms with Crippen LogP contribution in [0.1, 0.15) is 59.1 Å². The minimum absolute atomic E-state index is 0.0177. The lowest BCUT2D eigenvalue weighted by Crippen LogP contribution is -2.30. The quantitative estimate of drug-likeness (QED) is 0.868. The van der Waals surface area contributed by atoms with Crippen LogP contribution >= 0.6 is 0 Å². The standard InChI is InChI=1S/C15H19N3O3/c1-4-12-14(10(3)17-20-12)11-6-5-7-18(11)15(19)13-8-9(2)16-21-13/h8,11H,4-7H2,1-3H3. The molecule has 1 saturated heterocycles. The molecule has 1 atom stereocenters. The molecule has 21 heavy (non-hydrogen) atoms. The van der Waals surface area contributed by atoms with Crippen LogP contribution in [0, 0.1) is 13.8 Å². The molecule has 0 aromatic carbocycles. The van der Waals surface area contributed by atoms with Gasteiger partial charge in [-0.3, -0.25) is 4.79 Å². The molecule has 112 valence electrons. The predicted octanol–water partition coefficient (Wildman–Crippen LogP) is 2.82. The second-order valence-electron chi connectivity index (χ2n) is 5.45. The Morgan fingerprint density at radius 1 is 1.38 bits per heavy atom. The molecule has 1 unspecified atom stereocenters. The molecule has 1 aliphatic rings. The van der Waals surface area contributed by atoms with Gasteiger partial charge in [-0.15, -0.1) is 0 Å². The molecule has 0 spiro atoms. The van der Waals surface area contributed by atoms with E-state index in [4.69, 9.17) is 9.05 Å². The first-order valence-corrected chi connectivity index (χ1v) is 7.31. The van der Waals surface area contributed by atoms with E-state index in [2.05, 4.69) is 10.3 Å². The molecule has 0 saturated carbocycles. The topological polar surface area (TPSA) is 72.4 Å². The lowest BCUT2D eigenvalue weighted by molar-refractivity contribution is 0.0692. The lowest BCUT2D eigenvalue weighted by atomic mass is 10.0. The van der Waals surface area contributed by atoms with Gasteiger partial charge in [0.1, 0.15) is 5.76 Å². The van der Waals surface area contributed by atoms with Crippen LogP contribution < -0.4 is 0 Å². The maximum Gasteiger partial charge on any atom is 0.292 e. The van der Waals surface area contributed by atoms with Gasteiger partial charge < -0.3 is 13.9 Å². The van der Waals surface area contributed by atoms with E-state index in [1.807, 2.05) is 18.7 Å². The zero-order valence-electron chi connectivity index (χ0n) is 12.5. The van der Waals surface area contributed by atoms with Crippen molar-refractivity contribution >= 4 is 5.91 Å². The smallest absolute Gasteiger partial charge is 0.292 e. The van der Waals surface area contributed by atoms with Crippen LogP contribution in [0.4, 0.5) is 0 Å². The van der Waals surface area contributed by atoms with Crippen molar-refractivity contribution in [3.63, 3.8) is 0 Å². The highest BCUT2D eigenvalue weighted by Gasteiger charge is 2.35. The third-order valence-corrected chi connectivity index (χ3v) is 3.99. The molecule has 1 fully saturated rings. The number of amides is 1. The number of carbonyl (C=O) groups excluding carboxylic acids is 1. The molecule has 1 aliphatic heterocycles. The highest BCUT2D eigenvalue weighted by Crippen LogP contribution is 2.36. The summed E-state index contributed by atoms with van der Waals surface area (Å²) in [6.07, 6.45) is 2.67. The van der Waals surface area contributed by atoms with E-state index in [1.54, 1.807) is 13.0 Å². The van der Waals surface area contributed by atoms with Gasteiger partial charge in [0.2, 0.25) is 5.76 Å². The molecular formula is C15H19N3O3. The number of hydrogen-bond acceptors (Lipinski definition) is 5. The van der Waals surface area contributed by atoms with E-state index >= 15 is 0 Å². The molecule has 2 aromatic rings. The summed E-state index contributed by atoms with van der Waals surface area (Å²) in [7, 11) is 0. The second-order valence-corrected chi connectivity index (χ2v) is 5.45. The van der Waals surface area contributed by atoms with Gasteiger partial charge in [0.05, 0.1) is 17.4 Å². The van der Waals surface area contributed by atoms with Gasteiger partial charge in [-0.2, -0.15) is 0 Å². The number of carbonyl (C=O) groups is 1. The number of rotatable bonds is 3. The lowest BCUT2D eigenvalue weighted by Gasteiger charge is -2.23. The van der Waals surface area contributed by atoms with E-state index in [-0.39, 0.29) is 11.9 Å². The van der Waals surface area contributed by atoms with Crippen LogP contribution in [0.3, 0.4) is 0 Å².